The molecule has 1 atom stereocenters. The van der Waals surface area contributed by atoms with E-state index in [0.29, 0.717) is 28.6 Å². The summed E-state index contributed by atoms with van der Waals surface area (Å²) in [6, 6.07) is 22.1. The molecule has 0 aliphatic heterocycles. The Balaban J connectivity index is 1.39. The lowest BCUT2D eigenvalue weighted by atomic mass is 10.2. The van der Waals surface area contributed by atoms with Crippen LogP contribution in [0.4, 0.5) is 10.8 Å². The zero-order valence-corrected chi connectivity index (χ0v) is 22.3. The second-order valence-corrected chi connectivity index (χ2v) is 10.1. The molecule has 4 aromatic rings. The summed E-state index contributed by atoms with van der Waals surface area (Å²) < 4.78 is 10.5. The van der Waals surface area contributed by atoms with Crippen molar-refractivity contribution in [1.29, 1.82) is 0 Å². The Morgan fingerprint density at radius 2 is 1.68 bits per heavy atom. The van der Waals surface area contributed by atoms with Crippen molar-refractivity contribution in [2.75, 3.05) is 24.9 Å². The molecule has 3 aromatic carbocycles. The van der Waals surface area contributed by atoms with Crippen molar-refractivity contribution < 1.29 is 19.1 Å². The predicted molar refractivity (Wildman–Crippen MR) is 150 cm³/mol. The van der Waals surface area contributed by atoms with Crippen LogP contribution < -0.4 is 20.1 Å². The van der Waals surface area contributed by atoms with Crippen LogP contribution >= 0.6 is 23.1 Å². The smallest absolute Gasteiger partial charge is 0.255 e. The van der Waals surface area contributed by atoms with E-state index in [1.807, 2.05) is 60.8 Å². The van der Waals surface area contributed by atoms with Crippen molar-refractivity contribution in [3.8, 4) is 22.8 Å². The molecule has 4 rings (SSSR count). The van der Waals surface area contributed by atoms with Crippen LogP contribution in [0.5, 0.6) is 11.5 Å². The molecular weight excluding hydrogens is 506 g/mol. The quantitative estimate of drug-likeness (QED) is 0.224. The van der Waals surface area contributed by atoms with Gasteiger partial charge in [-0.05, 0) is 55.0 Å². The Hall–Kier alpha value is -3.82. The third-order valence-corrected chi connectivity index (χ3v) is 7.58. The molecule has 1 heterocycles. The van der Waals surface area contributed by atoms with Gasteiger partial charge in [0, 0.05) is 27.1 Å². The molecule has 0 saturated carbocycles. The average Bonchev–Trinajstić information content (AvgIpc) is 3.40. The lowest BCUT2D eigenvalue weighted by Gasteiger charge is -2.14. The third kappa shape index (κ3) is 6.90. The van der Waals surface area contributed by atoms with Gasteiger partial charge in [-0.25, -0.2) is 4.98 Å². The number of methoxy groups -OCH3 is 2. The van der Waals surface area contributed by atoms with Gasteiger partial charge < -0.3 is 20.1 Å². The number of aromatic nitrogens is 1. The van der Waals surface area contributed by atoms with Crippen molar-refractivity contribution in [1.82, 2.24) is 4.98 Å². The van der Waals surface area contributed by atoms with Crippen molar-refractivity contribution in [3.05, 3.63) is 83.7 Å². The molecule has 1 aromatic heterocycles. The molecule has 0 aliphatic carbocycles. The lowest BCUT2D eigenvalue weighted by molar-refractivity contribution is -0.115. The van der Waals surface area contributed by atoms with Gasteiger partial charge in [0.15, 0.2) is 5.13 Å². The van der Waals surface area contributed by atoms with Crippen LogP contribution in [0.1, 0.15) is 23.7 Å². The molecule has 9 heteroatoms. The number of hydrogen-bond acceptors (Lipinski definition) is 7. The normalized spacial score (nSPS) is 11.4. The molecular formula is C28H27N3O4S2. The first-order valence-corrected chi connectivity index (χ1v) is 13.4. The van der Waals surface area contributed by atoms with Gasteiger partial charge in [-0.2, -0.15) is 0 Å². The van der Waals surface area contributed by atoms with Gasteiger partial charge in [-0.15, -0.1) is 23.1 Å². The Bertz CT molecular complexity index is 1390. The number of rotatable bonds is 10. The number of benzene rings is 3. The van der Waals surface area contributed by atoms with Crippen LogP contribution in [-0.2, 0) is 4.79 Å². The maximum absolute atomic E-state index is 13.0. The summed E-state index contributed by atoms with van der Waals surface area (Å²) in [7, 11) is 3.19. The summed E-state index contributed by atoms with van der Waals surface area (Å²) in [4.78, 5) is 31.2. The number of nitrogens with one attached hydrogen (secondary N) is 2. The number of anilines is 2. The molecule has 0 saturated heterocycles. The fraction of sp³-hybridized carbons (Fsp3) is 0.179. The first-order chi connectivity index (χ1) is 18.0. The topological polar surface area (TPSA) is 89.5 Å². The monoisotopic (exact) mass is 533 g/mol. The number of hydrogen-bond donors (Lipinski definition) is 2. The second kappa shape index (κ2) is 12.4. The molecule has 0 bridgehead atoms. The number of thioether (sulfide) groups is 1. The third-order valence-electron chi connectivity index (χ3n) is 5.47. The first-order valence-electron chi connectivity index (χ1n) is 11.6. The van der Waals surface area contributed by atoms with E-state index >= 15 is 0 Å². The van der Waals surface area contributed by atoms with Crippen molar-refractivity contribution in [3.63, 3.8) is 0 Å². The maximum atomic E-state index is 13.0. The Morgan fingerprint density at radius 1 is 0.946 bits per heavy atom. The van der Waals surface area contributed by atoms with Crippen LogP contribution in [0.2, 0.25) is 0 Å². The minimum Gasteiger partial charge on any atom is -0.497 e. The first kappa shape index (κ1) is 26.2. The molecule has 2 N–H and O–H groups in total. The number of nitrogens with zero attached hydrogens (tertiary/aromatic N) is 1. The number of carbonyl (C=O) groups is 2. The lowest BCUT2D eigenvalue weighted by Crippen LogP contribution is -2.24. The van der Waals surface area contributed by atoms with Crippen molar-refractivity contribution in [2.24, 2.45) is 0 Å². The fourth-order valence-corrected chi connectivity index (χ4v) is 5.27. The highest BCUT2D eigenvalue weighted by Gasteiger charge is 2.20. The summed E-state index contributed by atoms with van der Waals surface area (Å²) in [5.41, 5.74) is 2.85. The minimum absolute atomic E-state index is 0.120. The molecule has 0 radical (unpaired) electrons. The van der Waals surface area contributed by atoms with E-state index in [0.717, 1.165) is 21.9 Å². The van der Waals surface area contributed by atoms with Gasteiger partial charge in [0.25, 0.3) is 5.91 Å². The SMILES string of the molecule is CCC(Sc1cccc(NC(=O)c2cccc(OC)c2)c1)C(=O)Nc1nc(-c2cccc(OC)c2)cs1. The molecule has 0 aliphatic rings. The Labute approximate surface area is 224 Å². The van der Waals surface area contributed by atoms with Crippen LogP contribution in [0.3, 0.4) is 0 Å². The van der Waals surface area contributed by atoms with Crippen LogP contribution in [0.15, 0.2) is 83.1 Å². The number of carbonyl (C=O) groups excluding carboxylic acids is 2. The predicted octanol–water partition coefficient (Wildman–Crippen LogP) is 6.59. The molecule has 37 heavy (non-hydrogen) atoms. The van der Waals surface area contributed by atoms with E-state index in [-0.39, 0.29) is 17.1 Å². The van der Waals surface area contributed by atoms with Crippen LogP contribution in [-0.4, -0.2) is 36.3 Å². The van der Waals surface area contributed by atoms with Crippen LogP contribution in [0, 0.1) is 0 Å². The summed E-state index contributed by atoms with van der Waals surface area (Å²) in [5, 5.41) is 7.98. The fourth-order valence-electron chi connectivity index (χ4n) is 3.53. The van der Waals surface area contributed by atoms with E-state index in [1.54, 1.807) is 38.5 Å². The van der Waals surface area contributed by atoms with Gasteiger partial charge in [0.2, 0.25) is 5.91 Å². The van der Waals surface area contributed by atoms with Gasteiger partial charge in [0.1, 0.15) is 11.5 Å². The van der Waals surface area contributed by atoms with Gasteiger partial charge in [-0.1, -0.05) is 31.2 Å². The maximum Gasteiger partial charge on any atom is 0.255 e. The molecule has 7 nitrogen and oxygen atoms in total. The van der Waals surface area contributed by atoms with E-state index in [2.05, 4.69) is 15.6 Å². The number of ether oxygens (including phenoxy) is 2. The Morgan fingerprint density at radius 3 is 2.43 bits per heavy atom. The van der Waals surface area contributed by atoms with Crippen molar-refractivity contribution >= 4 is 45.7 Å². The van der Waals surface area contributed by atoms with E-state index in [4.69, 9.17) is 9.47 Å². The number of amides is 2. The molecule has 0 fully saturated rings. The van der Waals surface area contributed by atoms with Crippen molar-refractivity contribution in [2.45, 2.75) is 23.5 Å². The van der Waals surface area contributed by atoms with Gasteiger partial charge >= 0.3 is 0 Å². The minimum atomic E-state index is -0.325. The largest absolute Gasteiger partial charge is 0.497 e. The average molecular weight is 534 g/mol. The van der Waals surface area contributed by atoms with Crippen LogP contribution in [0.25, 0.3) is 11.3 Å². The second-order valence-electron chi connectivity index (χ2n) is 7.99. The zero-order chi connectivity index (χ0) is 26.2. The molecule has 190 valence electrons. The zero-order valence-electron chi connectivity index (χ0n) is 20.7. The Kier molecular flexibility index (Phi) is 8.81. The molecule has 0 spiro atoms. The standard InChI is InChI=1S/C28H27N3O4S2/c1-4-25(27(33)31-28-30-24(17-36-28)18-8-5-11-21(14-18)34-2)37-23-13-7-10-20(16-23)29-26(32)19-9-6-12-22(15-19)35-3/h5-17,25H,4H2,1-3H3,(H,29,32)(H,30,31,33). The van der Waals surface area contributed by atoms with E-state index in [9.17, 15) is 9.59 Å². The highest BCUT2D eigenvalue weighted by atomic mass is 32.2. The molecule has 2 amide bonds. The van der Waals surface area contributed by atoms with E-state index in [1.165, 1.54) is 23.1 Å². The molecule has 1 unspecified atom stereocenters. The summed E-state index contributed by atoms with van der Waals surface area (Å²) in [5.74, 6) is 1.01. The summed E-state index contributed by atoms with van der Waals surface area (Å²) in [6.45, 7) is 1.97. The van der Waals surface area contributed by atoms with E-state index < -0.39 is 0 Å². The summed E-state index contributed by atoms with van der Waals surface area (Å²) >= 11 is 2.82. The van der Waals surface area contributed by atoms with Gasteiger partial charge in [0.05, 0.1) is 25.2 Å². The highest BCUT2D eigenvalue weighted by Crippen LogP contribution is 2.31. The number of thiazole rings is 1. The summed E-state index contributed by atoms with van der Waals surface area (Å²) in [6.07, 6.45) is 0.630. The van der Waals surface area contributed by atoms with Gasteiger partial charge in [-0.3, -0.25) is 9.59 Å². The highest BCUT2D eigenvalue weighted by molar-refractivity contribution is 8.00.